The number of nitrogens with two attached hydrogens (primary N) is 1. The Morgan fingerprint density at radius 3 is 2.79 bits per heavy atom. The second-order valence-corrected chi connectivity index (χ2v) is 3.85. The number of nitrogens with zero attached hydrogens (tertiary/aromatic N) is 1. The fourth-order valence-corrected chi connectivity index (χ4v) is 1.49. The molecule has 0 saturated carbocycles. The number of carbonyl (C=O) groups excluding carboxylic acids is 1. The van der Waals surface area contributed by atoms with Crippen molar-refractivity contribution < 1.29 is 4.79 Å². The number of halogens is 1. The van der Waals surface area contributed by atoms with E-state index in [1.54, 1.807) is 18.2 Å². The molecule has 0 saturated heterocycles. The normalized spacial score (nSPS) is 11.8. The third kappa shape index (κ3) is 2.12. The number of rotatable bonds is 2. The zero-order valence-electron chi connectivity index (χ0n) is 7.62. The molecule has 1 atom stereocenters. The van der Waals surface area contributed by atoms with Gasteiger partial charge in [-0.15, -0.1) is 0 Å². The summed E-state index contributed by atoms with van der Waals surface area (Å²) >= 11 is 3.22. The first kappa shape index (κ1) is 10.7. The molecule has 1 unspecified atom stereocenters. The Morgan fingerprint density at radius 2 is 2.29 bits per heavy atom. The first-order chi connectivity index (χ1) is 6.56. The van der Waals surface area contributed by atoms with E-state index in [1.165, 1.54) is 6.92 Å². The van der Waals surface area contributed by atoms with Crippen LogP contribution in [0.3, 0.4) is 0 Å². The van der Waals surface area contributed by atoms with Crippen LogP contribution in [0, 0.1) is 11.3 Å². The molecule has 0 aliphatic rings. The molecular formula is C10H9BrN2O. The van der Waals surface area contributed by atoms with E-state index < -0.39 is 4.83 Å². The van der Waals surface area contributed by atoms with Gasteiger partial charge in [0.15, 0.2) is 0 Å². The number of Topliss-reactive ketones (excluding diaryl/α,β-unsaturated/α-hetero) is 1. The quantitative estimate of drug-likeness (QED) is 0.648. The van der Waals surface area contributed by atoms with Gasteiger partial charge in [-0.3, -0.25) is 4.79 Å². The lowest BCUT2D eigenvalue weighted by molar-refractivity contribution is -0.116. The number of anilines is 1. The molecule has 0 heterocycles. The minimum absolute atomic E-state index is 0.0490. The number of benzene rings is 1. The summed E-state index contributed by atoms with van der Waals surface area (Å²) in [5, 5.41) is 8.82. The van der Waals surface area contributed by atoms with Gasteiger partial charge in [0, 0.05) is 5.69 Å². The third-order valence-electron chi connectivity index (χ3n) is 1.83. The van der Waals surface area contributed by atoms with Crippen LogP contribution in [-0.2, 0) is 4.79 Å². The summed E-state index contributed by atoms with van der Waals surface area (Å²) in [6.45, 7) is 1.46. The Labute approximate surface area is 90.7 Å². The van der Waals surface area contributed by atoms with Crippen molar-refractivity contribution in [3.8, 4) is 6.07 Å². The van der Waals surface area contributed by atoms with E-state index in [0.717, 1.165) is 0 Å². The lowest BCUT2D eigenvalue weighted by atomic mass is 10.0. The highest BCUT2D eigenvalue weighted by Gasteiger charge is 2.16. The molecule has 1 aromatic carbocycles. The average molecular weight is 253 g/mol. The molecule has 0 radical (unpaired) electrons. The van der Waals surface area contributed by atoms with Crippen LogP contribution in [-0.4, -0.2) is 5.78 Å². The van der Waals surface area contributed by atoms with Crippen LogP contribution in [0.25, 0.3) is 0 Å². The molecule has 4 heteroatoms. The van der Waals surface area contributed by atoms with E-state index in [4.69, 9.17) is 11.0 Å². The maximum atomic E-state index is 11.1. The topological polar surface area (TPSA) is 66.9 Å². The Balaban J connectivity index is 3.25. The second-order valence-electron chi connectivity index (χ2n) is 2.93. The number of nitrogen functional groups attached to an aromatic ring is 1. The van der Waals surface area contributed by atoms with Crippen molar-refractivity contribution >= 4 is 27.4 Å². The minimum atomic E-state index is -0.458. The number of carbonyl (C=O) groups is 1. The van der Waals surface area contributed by atoms with E-state index in [0.29, 0.717) is 16.8 Å². The second kappa shape index (κ2) is 4.25. The highest BCUT2D eigenvalue weighted by molar-refractivity contribution is 9.09. The molecule has 3 nitrogen and oxygen atoms in total. The van der Waals surface area contributed by atoms with Gasteiger partial charge in [0.05, 0.1) is 16.5 Å². The van der Waals surface area contributed by atoms with Crippen molar-refractivity contribution in [2.45, 2.75) is 11.8 Å². The molecule has 0 bridgehead atoms. The molecule has 14 heavy (non-hydrogen) atoms. The third-order valence-corrected chi connectivity index (χ3v) is 2.96. The largest absolute Gasteiger partial charge is 0.399 e. The van der Waals surface area contributed by atoms with Gasteiger partial charge in [-0.25, -0.2) is 0 Å². The number of alkyl halides is 1. The molecule has 0 amide bonds. The molecule has 0 spiro atoms. The average Bonchev–Trinajstić information content (AvgIpc) is 2.16. The van der Waals surface area contributed by atoms with Crippen molar-refractivity contribution in [3.63, 3.8) is 0 Å². The fraction of sp³-hybridized carbons (Fsp3) is 0.200. The van der Waals surface area contributed by atoms with Gasteiger partial charge in [-0.1, -0.05) is 15.9 Å². The Hall–Kier alpha value is -1.34. The summed E-state index contributed by atoms with van der Waals surface area (Å²) in [6, 6.07) is 6.91. The summed E-state index contributed by atoms with van der Waals surface area (Å²) in [6.07, 6.45) is 0. The monoisotopic (exact) mass is 252 g/mol. The highest BCUT2D eigenvalue weighted by Crippen LogP contribution is 2.28. The van der Waals surface area contributed by atoms with Crippen LogP contribution in [0.15, 0.2) is 18.2 Å². The Bertz CT molecular complexity index is 409. The standard InChI is InChI=1S/C10H9BrN2O/c1-6(14)10(11)9-4-8(13)3-2-7(9)5-12/h2-4,10H,13H2,1H3. The number of hydrogen-bond donors (Lipinski definition) is 1. The van der Waals surface area contributed by atoms with Crippen molar-refractivity contribution in [2.24, 2.45) is 0 Å². The molecular weight excluding hydrogens is 244 g/mol. The Morgan fingerprint density at radius 1 is 1.64 bits per heavy atom. The van der Waals surface area contributed by atoms with Gasteiger partial charge < -0.3 is 5.73 Å². The van der Waals surface area contributed by atoms with Crippen molar-refractivity contribution in [3.05, 3.63) is 29.3 Å². The van der Waals surface area contributed by atoms with Crippen LogP contribution >= 0.6 is 15.9 Å². The van der Waals surface area contributed by atoms with Crippen molar-refractivity contribution in [1.29, 1.82) is 5.26 Å². The molecule has 1 aromatic rings. The zero-order valence-corrected chi connectivity index (χ0v) is 9.21. The molecule has 72 valence electrons. The first-order valence-electron chi connectivity index (χ1n) is 4.00. The highest BCUT2D eigenvalue weighted by atomic mass is 79.9. The summed E-state index contributed by atoms with van der Waals surface area (Å²) in [5.74, 6) is -0.0490. The van der Waals surface area contributed by atoms with E-state index in [-0.39, 0.29) is 5.78 Å². The molecule has 0 fully saturated rings. The van der Waals surface area contributed by atoms with E-state index in [2.05, 4.69) is 15.9 Å². The summed E-state index contributed by atoms with van der Waals surface area (Å²) in [7, 11) is 0. The first-order valence-corrected chi connectivity index (χ1v) is 4.92. The fourth-order valence-electron chi connectivity index (χ4n) is 1.11. The molecule has 1 rings (SSSR count). The number of hydrogen-bond acceptors (Lipinski definition) is 3. The molecule has 0 aliphatic heterocycles. The van der Waals surface area contributed by atoms with E-state index >= 15 is 0 Å². The number of ketones is 1. The maximum absolute atomic E-state index is 11.1. The van der Waals surface area contributed by atoms with Gasteiger partial charge >= 0.3 is 0 Å². The number of nitriles is 1. The van der Waals surface area contributed by atoms with Crippen molar-refractivity contribution in [1.82, 2.24) is 0 Å². The van der Waals surface area contributed by atoms with Crippen LogP contribution in [0.1, 0.15) is 22.9 Å². The zero-order chi connectivity index (χ0) is 10.7. The van der Waals surface area contributed by atoms with Gasteiger partial charge in [0.25, 0.3) is 0 Å². The van der Waals surface area contributed by atoms with Crippen LogP contribution in [0.4, 0.5) is 5.69 Å². The summed E-state index contributed by atoms with van der Waals surface area (Å²) in [5.41, 5.74) is 7.22. The SMILES string of the molecule is CC(=O)C(Br)c1cc(N)ccc1C#N. The van der Waals surface area contributed by atoms with Crippen LogP contribution in [0.2, 0.25) is 0 Å². The predicted molar refractivity (Wildman–Crippen MR) is 57.9 cm³/mol. The molecule has 0 aromatic heterocycles. The summed E-state index contributed by atoms with van der Waals surface area (Å²) in [4.78, 5) is 10.7. The maximum Gasteiger partial charge on any atom is 0.147 e. The lowest BCUT2D eigenvalue weighted by Gasteiger charge is -2.08. The Kier molecular flexibility index (Phi) is 3.26. The van der Waals surface area contributed by atoms with E-state index in [9.17, 15) is 4.79 Å². The van der Waals surface area contributed by atoms with Gasteiger partial charge in [-0.05, 0) is 30.7 Å². The molecule has 2 N–H and O–H groups in total. The smallest absolute Gasteiger partial charge is 0.147 e. The van der Waals surface area contributed by atoms with Gasteiger partial charge in [-0.2, -0.15) is 5.26 Å². The minimum Gasteiger partial charge on any atom is -0.399 e. The van der Waals surface area contributed by atoms with E-state index in [1.807, 2.05) is 6.07 Å². The van der Waals surface area contributed by atoms with Gasteiger partial charge in [0.2, 0.25) is 0 Å². The predicted octanol–water partition coefficient (Wildman–Crippen LogP) is 2.17. The van der Waals surface area contributed by atoms with Crippen LogP contribution in [0.5, 0.6) is 0 Å². The van der Waals surface area contributed by atoms with Crippen molar-refractivity contribution in [2.75, 3.05) is 5.73 Å². The lowest BCUT2D eigenvalue weighted by Crippen LogP contribution is -2.04. The summed E-state index contributed by atoms with van der Waals surface area (Å²) < 4.78 is 0. The van der Waals surface area contributed by atoms with Gasteiger partial charge in [0.1, 0.15) is 5.78 Å². The molecule has 0 aliphatic carbocycles. The van der Waals surface area contributed by atoms with Crippen LogP contribution < -0.4 is 5.73 Å².